The van der Waals surface area contributed by atoms with Crippen LogP contribution in [-0.2, 0) is 5.41 Å². The molecule has 1 aromatic carbocycles. The third kappa shape index (κ3) is 1.81. The van der Waals surface area contributed by atoms with E-state index in [0.717, 1.165) is 5.56 Å². The Morgan fingerprint density at radius 2 is 2.00 bits per heavy atom. The summed E-state index contributed by atoms with van der Waals surface area (Å²) in [6, 6.07) is 7.53. The Balaban J connectivity index is 3.26. The smallest absolute Gasteiger partial charge is 0.120 e. The van der Waals surface area contributed by atoms with Gasteiger partial charge in [-0.15, -0.1) is 0 Å². The van der Waals surface area contributed by atoms with Crippen LogP contribution in [0.5, 0.6) is 5.75 Å². The Morgan fingerprint density at radius 3 is 2.46 bits per heavy atom. The van der Waals surface area contributed by atoms with Crippen molar-refractivity contribution >= 4 is 0 Å². The van der Waals surface area contributed by atoms with Crippen molar-refractivity contribution in [2.45, 2.75) is 26.2 Å². The van der Waals surface area contributed by atoms with Crippen LogP contribution < -0.4 is 0 Å². The third-order valence-electron chi connectivity index (χ3n) is 2.11. The summed E-state index contributed by atoms with van der Waals surface area (Å²) in [6.07, 6.45) is 0. The first-order valence-electron chi connectivity index (χ1n) is 4.19. The zero-order chi connectivity index (χ0) is 10.1. The number of phenolic OH excluding ortho intramolecular Hbond substituents is 1. The number of hydrogen-bond donors (Lipinski definition) is 1. The van der Waals surface area contributed by atoms with E-state index in [1.54, 1.807) is 26.0 Å². The predicted octanol–water partition coefficient (Wildman–Crippen LogP) is 2.50. The largest absolute Gasteiger partial charge is 0.508 e. The average Bonchev–Trinajstić information content (AvgIpc) is 2.03. The highest BCUT2D eigenvalue weighted by Gasteiger charge is 2.22. The second-order valence-corrected chi connectivity index (χ2v) is 3.76. The monoisotopic (exact) mass is 175 g/mol. The van der Waals surface area contributed by atoms with Crippen molar-refractivity contribution in [1.29, 1.82) is 5.26 Å². The van der Waals surface area contributed by atoms with Gasteiger partial charge in [0.1, 0.15) is 5.75 Å². The van der Waals surface area contributed by atoms with E-state index in [0.29, 0.717) is 5.56 Å². The molecular weight excluding hydrogens is 162 g/mol. The molecule has 0 aliphatic heterocycles. The maximum Gasteiger partial charge on any atom is 0.120 e. The first-order chi connectivity index (χ1) is 5.97. The van der Waals surface area contributed by atoms with Crippen LogP contribution >= 0.6 is 0 Å². The van der Waals surface area contributed by atoms with Crippen LogP contribution in [0, 0.1) is 18.3 Å². The summed E-state index contributed by atoms with van der Waals surface area (Å²) < 4.78 is 0. The molecule has 0 bridgehead atoms. The molecule has 2 nitrogen and oxygen atoms in total. The van der Waals surface area contributed by atoms with Crippen molar-refractivity contribution in [3.63, 3.8) is 0 Å². The maximum atomic E-state index is 9.61. The van der Waals surface area contributed by atoms with Gasteiger partial charge in [0.15, 0.2) is 0 Å². The number of aryl methyl sites for hydroxylation is 1. The zero-order valence-electron chi connectivity index (χ0n) is 8.13. The number of nitrogens with zero attached hydrogens (tertiary/aromatic N) is 1. The molecule has 0 unspecified atom stereocenters. The van der Waals surface area contributed by atoms with Gasteiger partial charge in [-0.1, -0.05) is 12.1 Å². The molecule has 0 heterocycles. The van der Waals surface area contributed by atoms with E-state index in [-0.39, 0.29) is 5.75 Å². The fraction of sp³-hybridized carbons (Fsp3) is 0.364. The molecule has 0 atom stereocenters. The van der Waals surface area contributed by atoms with Gasteiger partial charge in [0.05, 0.1) is 11.5 Å². The predicted molar refractivity (Wildman–Crippen MR) is 51.5 cm³/mol. The van der Waals surface area contributed by atoms with E-state index in [1.165, 1.54) is 0 Å². The molecule has 0 aliphatic rings. The molecule has 2 heteroatoms. The van der Waals surface area contributed by atoms with Crippen molar-refractivity contribution in [3.8, 4) is 11.8 Å². The molecule has 13 heavy (non-hydrogen) atoms. The highest BCUT2D eigenvalue weighted by atomic mass is 16.3. The van der Waals surface area contributed by atoms with Gasteiger partial charge in [-0.2, -0.15) is 5.26 Å². The summed E-state index contributed by atoms with van der Waals surface area (Å²) in [5, 5.41) is 18.5. The summed E-state index contributed by atoms with van der Waals surface area (Å²) in [5.41, 5.74) is 1.05. The lowest BCUT2D eigenvalue weighted by Gasteiger charge is -2.17. The van der Waals surface area contributed by atoms with E-state index in [2.05, 4.69) is 6.07 Å². The molecule has 0 radical (unpaired) electrons. The van der Waals surface area contributed by atoms with Crippen LogP contribution in [-0.4, -0.2) is 5.11 Å². The topological polar surface area (TPSA) is 44.0 Å². The van der Waals surface area contributed by atoms with Gasteiger partial charge in [0, 0.05) is 5.56 Å². The van der Waals surface area contributed by atoms with E-state index in [9.17, 15) is 5.11 Å². The van der Waals surface area contributed by atoms with Gasteiger partial charge < -0.3 is 5.11 Å². The van der Waals surface area contributed by atoms with Crippen molar-refractivity contribution < 1.29 is 5.11 Å². The van der Waals surface area contributed by atoms with Crippen LogP contribution in [0.1, 0.15) is 25.0 Å². The standard InChI is InChI=1S/C11H13NO/c1-8-4-5-9(10(13)6-8)11(2,3)7-12/h4-6,13H,1-3H3. The van der Waals surface area contributed by atoms with Crippen molar-refractivity contribution in [3.05, 3.63) is 29.3 Å². The van der Waals surface area contributed by atoms with Crippen LogP contribution in [0.25, 0.3) is 0 Å². The minimum Gasteiger partial charge on any atom is -0.508 e. The second kappa shape index (κ2) is 3.10. The Hall–Kier alpha value is -1.49. The van der Waals surface area contributed by atoms with Gasteiger partial charge in [0.25, 0.3) is 0 Å². The lowest BCUT2D eigenvalue weighted by Crippen LogP contribution is -2.13. The number of aromatic hydroxyl groups is 1. The van der Waals surface area contributed by atoms with Crippen molar-refractivity contribution in [2.75, 3.05) is 0 Å². The van der Waals surface area contributed by atoms with Crippen LogP contribution in [0.4, 0.5) is 0 Å². The quantitative estimate of drug-likeness (QED) is 0.712. The lowest BCUT2D eigenvalue weighted by atomic mass is 9.85. The van der Waals surface area contributed by atoms with Crippen LogP contribution in [0.15, 0.2) is 18.2 Å². The first kappa shape index (κ1) is 9.60. The fourth-order valence-corrected chi connectivity index (χ4v) is 1.23. The van der Waals surface area contributed by atoms with Gasteiger partial charge in [-0.3, -0.25) is 0 Å². The van der Waals surface area contributed by atoms with Gasteiger partial charge in [-0.05, 0) is 32.4 Å². The number of hydrogen-bond acceptors (Lipinski definition) is 2. The summed E-state index contributed by atoms with van der Waals surface area (Å²) in [5.74, 6) is 0.201. The summed E-state index contributed by atoms with van der Waals surface area (Å²) >= 11 is 0. The summed E-state index contributed by atoms with van der Waals surface area (Å²) in [4.78, 5) is 0. The Kier molecular flexibility index (Phi) is 2.29. The summed E-state index contributed by atoms with van der Waals surface area (Å²) in [6.45, 7) is 5.48. The van der Waals surface area contributed by atoms with E-state index in [4.69, 9.17) is 5.26 Å². The molecule has 0 saturated heterocycles. The Bertz CT molecular complexity index is 361. The lowest BCUT2D eigenvalue weighted by molar-refractivity contribution is 0.456. The highest BCUT2D eigenvalue weighted by molar-refractivity contribution is 5.43. The molecule has 1 rings (SSSR count). The number of phenols is 1. The highest BCUT2D eigenvalue weighted by Crippen LogP contribution is 2.30. The van der Waals surface area contributed by atoms with Crippen molar-refractivity contribution in [2.24, 2.45) is 0 Å². The van der Waals surface area contributed by atoms with E-state index >= 15 is 0 Å². The number of benzene rings is 1. The SMILES string of the molecule is Cc1ccc(C(C)(C)C#N)c(O)c1. The molecule has 0 saturated carbocycles. The minimum atomic E-state index is -0.627. The van der Waals surface area contributed by atoms with Crippen LogP contribution in [0.3, 0.4) is 0 Å². The molecule has 1 aromatic rings. The number of rotatable bonds is 1. The molecule has 68 valence electrons. The van der Waals surface area contributed by atoms with Crippen molar-refractivity contribution in [1.82, 2.24) is 0 Å². The summed E-state index contributed by atoms with van der Waals surface area (Å²) in [7, 11) is 0. The van der Waals surface area contributed by atoms with Gasteiger partial charge >= 0.3 is 0 Å². The molecule has 0 spiro atoms. The van der Waals surface area contributed by atoms with Crippen LogP contribution in [0.2, 0.25) is 0 Å². The fourth-order valence-electron chi connectivity index (χ4n) is 1.23. The van der Waals surface area contributed by atoms with Gasteiger partial charge in [-0.25, -0.2) is 0 Å². The number of nitriles is 1. The van der Waals surface area contributed by atoms with E-state index in [1.807, 2.05) is 13.0 Å². The van der Waals surface area contributed by atoms with Gasteiger partial charge in [0.2, 0.25) is 0 Å². The second-order valence-electron chi connectivity index (χ2n) is 3.76. The Labute approximate surface area is 78.4 Å². The molecule has 1 N–H and O–H groups in total. The average molecular weight is 175 g/mol. The first-order valence-corrected chi connectivity index (χ1v) is 4.19. The Morgan fingerprint density at radius 1 is 1.38 bits per heavy atom. The minimum absolute atomic E-state index is 0.201. The maximum absolute atomic E-state index is 9.61. The molecule has 0 aliphatic carbocycles. The van der Waals surface area contributed by atoms with E-state index < -0.39 is 5.41 Å². The molecule has 0 aromatic heterocycles. The zero-order valence-corrected chi connectivity index (χ0v) is 8.13. The molecular formula is C11H13NO. The normalized spacial score (nSPS) is 10.9. The third-order valence-corrected chi connectivity index (χ3v) is 2.11. The molecule has 0 amide bonds. The molecule has 0 fully saturated rings.